The Kier molecular flexibility index (Phi) is 4.41. The lowest BCUT2D eigenvalue weighted by Gasteiger charge is -2.33. The van der Waals surface area contributed by atoms with E-state index in [0.29, 0.717) is 5.41 Å². The molecule has 1 aliphatic heterocycles. The number of amides is 1. The summed E-state index contributed by atoms with van der Waals surface area (Å²) in [4.78, 5) is 14.6. The number of piperidine rings is 1. The Morgan fingerprint density at radius 2 is 1.87 bits per heavy atom. The SMILES string of the molecule is C[C@@H](Nc1nnc(-c2ccc(C(F)(F)F)c3n[nH]nc23)o1)C(=O)N1CCC2(CC1)CC2. The third kappa shape index (κ3) is 3.59. The molecule has 2 aromatic heterocycles. The maximum atomic E-state index is 13.2. The van der Waals surface area contributed by atoms with Crippen molar-refractivity contribution in [3.8, 4) is 11.5 Å². The first-order chi connectivity index (χ1) is 14.8. The van der Waals surface area contributed by atoms with E-state index in [9.17, 15) is 18.0 Å². The maximum absolute atomic E-state index is 13.2. The standard InChI is InChI=1S/C19H20F3N7O2/c1-10(16(30)29-8-6-18(4-5-18)7-9-29)23-17-27-26-15(31-17)11-2-3-12(19(20,21)22)14-13(11)24-28-25-14/h2-3,10H,4-9H2,1H3,(H,23,27)(H,24,25,28)/t10-/m1/s1. The van der Waals surface area contributed by atoms with Crippen LogP contribution in [-0.4, -0.2) is 55.5 Å². The van der Waals surface area contributed by atoms with Gasteiger partial charge in [0.25, 0.3) is 5.89 Å². The van der Waals surface area contributed by atoms with Crippen LogP contribution in [0.4, 0.5) is 19.2 Å². The molecule has 5 rings (SSSR count). The Morgan fingerprint density at radius 3 is 2.55 bits per heavy atom. The summed E-state index contributed by atoms with van der Waals surface area (Å²) in [5.74, 6) is -0.0768. The second kappa shape index (κ2) is 6.92. The lowest BCUT2D eigenvalue weighted by molar-refractivity contribution is -0.136. The molecule has 1 amide bonds. The van der Waals surface area contributed by atoms with Gasteiger partial charge in [-0.1, -0.05) is 5.10 Å². The number of fused-ring (bicyclic) bond motifs is 1. The van der Waals surface area contributed by atoms with Crippen molar-refractivity contribution in [1.82, 2.24) is 30.5 Å². The minimum absolute atomic E-state index is 0.00284. The molecule has 1 saturated heterocycles. The van der Waals surface area contributed by atoms with E-state index in [4.69, 9.17) is 4.42 Å². The molecule has 1 spiro atoms. The van der Waals surface area contributed by atoms with Crippen LogP contribution in [0.15, 0.2) is 16.5 Å². The molecule has 0 unspecified atom stereocenters. The molecular formula is C19H20F3N7O2. The van der Waals surface area contributed by atoms with Gasteiger partial charge in [-0.05, 0) is 50.2 Å². The molecule has 0 radical (unpaired) electrons. The summed E-state index contributed by atoms with van der Waals surface area (Å²) in [6.45, 7) is 3.20. The largest absolute Gasteiger partial charge is 0.418 e. The smallest absolute Gasteiger partial charge is 0.403 e. The Morgan fingerprint density at radius 1 is 1.16 bits per heavy atom. The number of nitrogens with zero attached hydrogens (tertiary/aromatic N) is 5. The molecule has 3 heterocycles. The summed E-state index contributed by atoms with van der Waals surface area (Å²) >= 11 is 0. The predicted octanol–water partition coefficient (Wildman–Crippen LogP) is 3.23. The van der Waals surface area contributed by atoms with Gasteiger partial charge in [0.15, 0.2) is 0 Å². The molecule has 2 N–H and O–H groups in total. The third-order valence-electron chi connectivity index (χ3n) is 6.24. The van der Waals surface area contributed by atoms with Crippen LogP contribution in [0, 0.1) is 5.41 Å². The highest BCUT2D eigenvalue weighted by atomic mass is 19.4. The normalized spacial score (nSPS) is 19.0. The van der Waals surface area contributed by atoms with Crippen molar-refractivity contribution in [2.24, 2.45) is 5.41 Å². The molecule has 31 heavy (non-hydrogen) atoms. The topological polar surface area (TPSA) is 113 Å². The first-order valence-electron chi connectivity index (χ1n) is 10.1. The zero-order valence-electron chi connectivity index (χ0n) is 16.7. The molecule has 2 aliphatic rings. The first-order valence-corrected chi connectivity index (χ1v) is 10.1. The van der Waals surface area contributed by atoms with E-state index in [2.05, 4.69) is 30.9 Å². The summed E-state index contributed by atoms with van der Waals surface area (Å²) < 4.78 is 45.1. The van der Waals surface area contributed by atoms with E-state index in [1.54, 1.807) is 6.92 Å². The van der Waals surface area contributed by atoms with Crippen molar-refractivity contribution in [2.45, 2.75) is 44.8 Å². The van der Waals surface area contributed by atoms with Crippen molar-refractivity contribution >= 4 is 23.0 Å². The molecule has 1 saturated carbocycles. The number of halogens is 3. The zero-order valence-corrected chi connectivity index (χ0v) is 16.7. The summed E-state index contributed by atoms with van der Waals surface area (Å²) in [5.41, 5.74) is -0.590. The average Bonchev–Trinajstić information content (AvgIpc) is 3.13. The second-order valence-corrected chi connectivity index (χ2v) is 8.28. The Hall–Kier alpha value is -3.18. The molecular weight excluding hydrogens is 415 g/mol. The summed E-state index contributed by atoms with van der Waals surface area (Å²) in [6.07, 6.45) is 0.0286. The highest BCUT2D eigenvalue weighted by Gasteiger charge is 2.45. The van der Waals surface area contributed by atoms with E-state index in [1.165, 1.54) is 18.9 Å². The van der Waals surface area contributed by atoms with E-state index >= 15 is 0 Å². The van der Waals surface area contributed by atoms with Gasteiger partial charge < -0.3 is 14.6 Å². The van der Waals surface area contributed by atoms with Gasteiger partial charge >= 0.3 is 12.2 Å². The Balaban J connectivity index is 1.31. The van der Waals surface area contributed by atoms with E-state index in [0.717, 1.165) is 32.0 Å². The van der Waals surface area contributed by atoms with Crippen LogP contribution in [0.2, 0.25) is 0 Å². The highest BCUT2D eigenvalue weighted by Crippen LogP contribution is 2.53. The van der Waals surface area contributed by atoms with Crippen LogP contribution in [0.25, 0.3) is 22.5 Å². The van der Waals surface area contributed by atoms with Gasteiger partial charge in [0.05, 0.1) is 11.1 Å². The van der Waals surface area contributed by atoms with E-state index in [1.807, 2.05) is 4.90 Å². The van der Waals surface area contributed by atoms with Crippen LogP contribution in [0.1, 0.15) is 38.2 Å². The van der Waals surface area contributed by atoms with Gasteiger partial charge in [-0.25, -0.2) is 0 Å². The molecule has 2 fully saturated rings. The second-order valence-electron chi connectivity index (χ2n) is 8.28. The monoisotopic (exact) mass is 435 g/mol. The van der Waals surface area contributed by atoms with Gasteiger partial charge in [-0.2, -0.15) is 28.6 Å². The van der Waals surface area contributed by atoms with Gasteiger partial charge in [-0.15, -0.1) is 5.10 Å². The molecule has 1 aliphatic carbocycles. The Labute approximate surface area is 174 Å². The number of carbonyl (C=O) groups excluding carboxylic acids is 1. The van der Waals surface area contributed by atoms with Crippen LogP contribution >= 0.6 is 0 Å². The molecule has 0 bridgehead atoms. The highest BCUT2D eigenvalue weighted by molar-refractivity contribution is 5.91. The van der Waals surface area contributed by atoms with Crippen molar-refractivity contribution in [3.05, 3.63) is 17.7 Å². The summed E-state index contributed by atoms with van der Waals surface area (Å²) in [5, 5.41) is 20.3. The van der Waals surface area contributed by atoms with Gasteiger partial charge in [0.1, 0.15) is 17.1 Å². The molecule has 1 atom stereocenters. The van der Waals surface area contributed by atoms with Gasteiger partial charge in [0, 0.05) is 13.1 Å². The number of aromatic amines is 1. The fourth-order valence-corrected chi connectivity index (χ4v) is 4.12. The number of nitrogens with one attached hydrogen (secondary N) is 2. The number of rotatable bonds is 4. The Bertz CT molecular complexity index is 1130. The fourth-order valence-electron chi connectivity index (χ4n) is 4.12. The molecule has 3 aromatic rings. The number of anilines is 1. The van der Waals surface area contributed by atoms with E-state index in [-0.39, 0.29) is 34.4 Å². The number of aromatic nitrogens is 5. The number of alkyl halides is 3. The molecule has 12 heteroatoms. The number of benzene rings is 1. The summed E-state index contributed by atoms with van der Waals surface area (Å²) in [7, 11) is 0. The number of H-pyrrole nitrogens is 1. The van der Waals surface area contributed by atoms with Gasteiger partial charge in [0.2, 0.25) is 5.91 Å². The first kappa shape index (κ1) is 19.8. The van der Waals surface area contributed by atoms with Crippen LogP contribution in [-0.2, 0) is 11.0 Å². The summed E-state index contributed by atoms with van der Waals surface area (Å²) in [6, 6.07) is 1.53. The van der Waals surface area contributed by atoms with Crippen molar-refractivity contribution in [2.75, 3.05) is 18.4 Å². The quantitative estimate of drug-likeness (QED) is 0.647. The number of hydrogen-bond acceptors (Lipinski definition) is 7. The minimum Gasteiger partial charge on any atom is -0.403 e. The van der Waals surface area contributed by atoms with Gasteiger partial charge in [-0.3, -0.25) is 4.79 Å². The predicted molar refractivity (Wildman–Crippen MR) is 103 cm³/mol. The fraction of sp³-hybridized carbons (Fsp3) is 0.526. The van der Waals surface area contributed by atoms with Crippen LogP contribution in [0.3, 0.4) is 0 Å². The number of carbonyl (C=O) groups is 1. The number of hydrogen-bond donors (Lipinski definition) is 2. The lowest BCUT2D eigenvalue weighted by atomic mass is 9.93. The molecule has 9 nitrogen and oxygen atoms in total. The molecule has 164 valence electrons. The van der Waals surface area contributed by atoms with Crippen molar-refractivity contribution in [1.29, 1.82) is 0 Å². The van der Waals surface area contributed by atoms with E-state index < -0.39 is 17.8 Å². The van der Waals surface area contributed by atoms with Crippen LogP contribution in [0.5, 0.6) is 0 Å². The number of likely N-dealkylation sites (tertiary alicyclic amines) is 1. The van der Waals surface area contributed by atoms with Crippen LogP contribution < -0.4 is 5.32 Å². The average molecular weight is 435 g/mol. The third-order valence-corrected chi connectivity index (χ3v) is 6.24. The minimum atomic E-state index is -4.57. The lowest BCUT2D eigenvalue weighted by Crippen LogP contribution is -2.45. The zero-order chi connectivity index (χ0) is 21.8. The van der Waals surface area contributed by atoms with Crippen molar-refractivity contribution in [3.63, 3.8) is 0 Å². The van der Waals surface area contributed by atoms with Crippen molar-refractivity contribution < 1.29 is 22.4 Å². The maximum Gasteiger partial charge on any atom is 0.418 e. The molecule has 1 aromatic carbocycles.